The lowest BCUT2D eigenvalue weighted by Gasteiger charge is -2.33. The maximum Gasteiger partial charge on any atom is 0.409 e. The third-order valence-corrected chi connectivity index (χ3v) is 2.73. The second-order valence-electron chi connectivity index (χ2n) is 3.79. The lowest BCUT2D eigenvalue weighted by Crippen LogP contribution is -2.48. The quantitative estimate of drug-likeness (QED) is 0.676. The minimum atomic E-state index is -0.211. The van der Waals surface area contributed by atoms with E-state index in [0.717, 1.165) is 52.1 Å². The van der Waals surface area contributed by atoms with E-state index in [1.54, 1.807) is 4.90 Å². The first kappa shape index (κ1) is 12.3. The van der Waals surface area contributed by atoms with Crippen LogP contribution in [0.1, 0.15) is 12.8 Å². The first-order valence-corrected chi connectivity index (χ1v) is 5.53. The summed E-state index contributed by atoms with van der Waals surface area (Å²) in [7, 11) is 1.43. The maximum atomic E-state index is 11.2. The summed E-state index contributed by atoms with van der Waals surface area (Å²) in [5.74, 6) is 0. The molecule has 0 aromatic heterocycles. The molecule has 15 heavy (non-hydrogen) atoms. The summed E-state index contributed by atoms with van der Waals surface area (Å²) in [5.41, 5.74) is 5.44. The van der Waals surface area contributed by atoms with Gasteiger partial charge in [-0.25, -0.2) is 4.79 Å². The SMILES string of the molecule is COC(=O)N1CCN(CCCCN)CC1. The van der Waals surface area contributed by atoms with Gasteiger partial charge in [0.05, 0.1) is 7.11 Å². The van der Waals surface area contributed by atoms with Gasteiger partial charge in [-0.15, -0.1) is 0 Å². The van der Waals surface area contributed by atoms with Crippen LogP contribution >= 0.6 is 0 Å². The zero-order chi connectivity index (χ0) is 11.1. The molecule has 0 saturated carbocycles. The molecule has 1 aliphatic heterocycles. The van der Waals surface area contributed by atoms with Gasteiger partial charge in [-0.3, -0.25) is 4.90 Å². The monoisotopic (exact) mass is 215 g/mol. The summed E-state index contributed by atoms with van der Waals surface area (Å²) < 4.78 is 4.68. The predicted octanol–water partition coefficient (Wildman–Crippen LogP) is 0.109. The van der Waals surface area contributed by atoms with Crippen LogP contribution in [-0.2, 0) is 4.74 Å². The molecule has 1 aliphatic rings. The van der Waals surface area contributed by atoms with Gasteiger partial charge in [0.2, 0.25) is 0 Å². The van der Waals surface area contributed by atoms with Crippen molar-refractivity contribution in [1.29, 1.82) is 0 Å². The molecule has 0 spiro atoms. The Kier molecular flexibility index (Phi) is 5.42. The van der Waals surface area contributed by atoms with Crippen LogP contribution in [0.2, 0.25) is 0 Å². The van der Waals surface area contributed by atoms with Crippen molar-refractivity contribution in [3.8, 4) is 0 Å². The number of unbranched alkanes of at least 4 members (excludes halogenated alkanes) is 1. The third kappa shape index (κ3) is 4.05. The molecule has 88 valence electrons. The molecule has 0 unspecified atom stereocenters. The molecule has 5 nitrogen and oxygen atoms in total. The van der Waals surface area contributed by atoms with Gasteiger partial charge in [0.25, 0.3) is 0 Å². The highest BCUT2D eigenvalue weighted by Crippen LogP contribution is 2.04. The lowest BCUT2D eigenvalue weighted by molar-refractivity contribution is 0.0906. The van der Waals surface area contributed by atoms with E-state index in [0.29, 0.717) is 0 Å². The maximum absolute atomic E-state index is 11.2. The van der Waals surface area contributed by atoms with Crippen molar-refractivity contribution in [1.82, 2.24) is 9.80 Å². The van der Waals surface area contributed by atoms with Gasteiger partial charge in [0.15, 0.2) is 0 Å². The van der Waals surface area contributed by atoms with Crippen LogP contribution in [0, 0.1) is 0 Å². The van der Waals surface area contributed by atoms with Crippen molar-refractivity contribution in [3.63, 3.8) is 0 Å². The number of nitrogens with zero attached hydrogens (tertiary/aromatic N) is 2. The van der Waals surface area contributed by atoms with E-state index in [2.05, 4.69) is 9.64 Å². The molecular formula is C10H21N3O2. The summed E-state index contributed by atoms with van der Waals surface area (Å²) in [4.78, 5) is 15.3. The van der Waals surface area contributed by atoms with Crippen LogP contribution in [0.5, 0.6) is 0 Å². The fraction of sp³-hybridized carbons (Fsp3) is 0.900. The highest BCUT2D eigenvalue weighted by Gasteiger charge is 2.20. The fourth-order valence-corrected chi connectivity index (χ4v) is 1.76. The minimum absolute atomic E-state index is 0.211. The van der Waals surface area contributed by atoms with Crippen molar-refractivity contribution < 1.29 is 9.53 Å². The molecule has 5 heteroatoms. The smallest absolute Gasteiger partial charge is 0.409 e. The van der Waals surface area contributed by atoms with E-state index in [9.17, 15) is 4.79 Å². The van der Waals surface area contributed by atoms with Crippen molar-refractivity contribution in [2.24, 2.45) is 5.73 Å². The summed E-state index contributed by atoms with van der Waals surface area (Å²) in [6, 6.07) is 0. The number of carbonyl (C=O) groups excluding carboxylic acids is 1. The molecule has 0 radical (unpaired) electrons. The lowest BCUT2D eigenvalue weighted by atomic mass is 10.2. The molecule has 0 bridgehead atoms. The Morgan fingerprint density at radius 3 is 2.47 bits per heavy atom. The Morgan fingerprint density at radius 1 is 1.27 bits per heavy atom. The van der Waals surface area contributed by atoms with E-state index < -0.39 is 0 Å². The molecule has 1 amide bonds. The molecule has 0 aromatic rings. The van der Waals surface area contributed by atoms with E-state index in [4.69, 9.17) is 5.73 Å². The minimum Gasteiger partial charge on any atom is -0.453 e. The molecule has 1 rings (SSSR count). The Hall–Kier alpha value is -0.810. The predicted molar refractivity (Wildman–Crippen MR) is 58.7 cm³/mol. The van der Waals surface area contributed by atoms with E-state index in [-0.39, 0.29) is 6.09 Å². The van der Waals surface area contributed by atoms with E-state index >= 15 is 0 Å². The number of ether oxygens (including phenoxy) is 1. The van der Waals surface area contributed by atoms with Gasteiger partial charge in [-0.2, -0.15) is 0 Å². The Balaban J connectivity index is 2.15. The van der Waals surface area contributed by atoms with Crippen LogP contribution in [0.4, 0.5) is 4.79 Å². The first-order chi connectivity index (χ1) is 7.27. The number of amides is 1. The van der Waals surface area contributed by atoms with Crippen LogP contribution in [0.15, 0.2) is 0 Å². The number of hydrogen-bond donors (Lipinski definition) is 1. The van der Waals surface area contributed by atoms with Crippen LogP contribution in [-0.4, -0.2) is 62.3 Å². The summed E-state index contributed by atoms with van der Waals surface area (Å²) in [6.07, 6.45) is 2.02. The summed E-state index contributed by atoms with van der Waals surface area (Å²) in [5, 5.41) is 0. The van der Waals surface area contributed by atoms with Gasteiger partial charge in [-0.05, 0) is 25.9 Å². The standard InChI is InChI=1S/C10H21N3O2/c1-15-10(14)13-8-6-12(7-9-13)5-3-2-4-11/h2-9,11H2,1H3. The van der Waals surface area contributed by atoms with Crippen molar-refractivity contribution in [3.05, 3.63) is 0 Å². The van der Waals surface area contributed by atoms with Crippen molar-refractivity contribution in [2.45, 2.75) is 12.8 Å². The van der Waals surface area contributed by atoms with Gasteiger partial charge in [-0.1, -0.05) is 0 Å². The molecule has 2 N–H and O–H groups in total. The van der Waals surface area contributed by atoms with Gasteiger partial charge >= 0.3 is 6.09 Å². The van der Waals surface area contributed by atoms with Gasteiger partial charge < -0.3 is 15.4 Å². The van der Waals surface area contributed by atoms with E-state index in [1.165, 1.54) is 7.11 Å². The highest BCUT2D eigenvalue weighted by atomic mass is 16.5. The number of hydrogen-bond acceptors (Lipinski definition) is 4. The molecule has 1 heterocycles. The van der Waals surface area contributed by atoms with Gasteiger partial charge in [0.1, 0.15) is 0 Å². The topological polar surface area (TPSA) is 58.8 Å². The second kappa shape index (κ2) is 6.63. The largest absolute Gasteiger partial charge is 0.453 e. The molecule has 1 fully saturated rings. The zero-order valence-corrected chi connectivity index (χ0v) is 9.45. The molecule has 0 aromatic carbocycles. The number of piperazine rings is 1. The number of carbonyl (C=O) groups is 1. The highest BCUT2D eigenvalue weighted by molar-refractivity contribution is 5.67. The Morgan fingerprint density at radius 2 is 1.93 bits per heavy atom. The van der Waals surface area contributed by atoms with Crippen LogP contribution in [0.3, 0.4) is 0 Å². The fourth-order valence-electron chi connectivity index (χ4n) is 1.76. The normalized spacial score (nSPS) is 17.9. The molecule has 1 saturated heterocycles. The van der Waals surface area contributed by atoms with Gasteiger partial charge in [0, 0.05) is 26.2 Å². The zero-order valence-electron chi connectivity index (χ0n) is 9.45. The van der Waals surface area contributed by atoms with Crippen LogP contribution < -0.4 is 5.73 Å². The van der Waals surface area contributed by atoms with Crippen LogP contribution in [0.25, 0.3) is 0 Å². The van der Waals surface area contributed by atoms with Crippen molar-refractivity contribution in [2.75, 3.05) is 46.4 Å². The third-order valence-electron chi connectivity index (χ3n) is 2.73. The summed E-state index contributed by atoms with van der Waals surface area (Å²) >= 11 is 0. The average Bonchev–Trinajstić information content (AvgIpc) is 2.29. The number of methoxy groups -OCH3 is 1. The average molecular weight is 215 g/mol. The van der Waals surface area contributed by atoms with Crippen molar-refractivity contribution >= 4 is 6.09 Å². The molecule has 0 aliphatic carbocycles. The second-order valence-corrected chi connectivity index (χ2v) is 3.79. The molecule has 0 atom stereocenters. The Labute approximate surface area is 91.2 Å². The summed E-state index contributed by atoms with van der Waals surface area (Å²) in [6.45, 7) is 5.29. The molecular weight excluding hydrogens is 194 g/mol. The number of rotatable bonds is 4. The Bertz CT molecular complexity index is 191. The number of nitrogens with two attached hydrogens (primary N) is 1. The first-order valence-electron chi connectivity index (χ1n) is 5.53. The van der Waals surface area contributed by atoms with E-state index in [1.807, 2.05) is 0 Å².